The number of carbonyl (C=O) groups excluding carboxylic acids is 1. The Balaban J connectivity index is 1.92. The first-order valence-electron chi connectivity index (χ1n) is 8.05. The fraction of sp³-hybridized carbons (Fsp3) is 0.158. The first kappa shape index (κ1) is 20.7. The molecule has 1 amide bonds. The van der Waals surface area contributed by atoms with Gasteiger partial charge in [0.25, 0.3) is 0 Å². The third-order valence-corrected chi connectivity index (χ3v) is 6.28. The maximum atomic E-state index is 13.3. The zero-order chi connectivity index (χ0) is 20.3. The van der Waals surface area contributed by atoms with E-state index < -0.39 is 22.9 Å². The highest BCUT2D eigenvalue weighted by atomic mass is 35.5. The quantitative estimate of drug-likeness (QED) is 0.453. The number of halogens is 4. The van der Waals surface area contributed by atoms with Gasteiger partial charge in [0.15, 0.2) is 4.34 Å². The summed E-state index contributed by atoms with van der Waals surface area (Å²) in [4.78, 5) is 17.3. The molecule has 0 fully saturated rings. The Labute approximate surface area is 172 Å². The summed E-state index contributed by atoms with van der Waals surface area (Å²) in [7, 11) is 0. The third-order valence-electron chi connectivity index (χ3n) is 3.70. The topological polar surface area (TPSA) is 42.0 Å². The zero-order valence-electron chi connectivity index (χ0n) is 14.5. The Morgan fingerprint density at radius 1 is 1.21 bits per heavy atom. The molecule has 1 atom stereocenters. The molecule has 0 aliphatic heterocycles. The molecule has 0 saturated carbocycles. The minimum absolute atomic E-state index is 0.0578. The molecule has 9 heteroatoms. The number of nitrogens with zero attached hydrogens (tertiary/aromatic N) is 1. The van der Waals surface area contributed by atoms with Gasteiger partial charge in [-0.15, -0.1) is 11.3 Å². The molecule has 3 rings (SSSR count). The minimum Gasteiger partial charge on any atom is -0.324 e. The number of benzene rings is 2. The molecule has 1 aromatic heterocycles. The van der Waals surface area contributed by atoms with Crippen LogP contribution in [0.5, 0.6) is 0 Å². The van der Waals surface area contributed by atoms with E-state index in [0.717, 1.165) is 17.8 Å². The van der Waals surface area contributed by atoms with Crippen LogP contribution in [0.2, 0.25) is 5.02 Å². The molecule has 2 aromatic carbocycles. The molecule has 3 aromatic rings. The molecule has 146 valence electrons. The number of thioether (sulfide) groups is 1. The van der Waals surface area contributed by atoms with Crippen molar-refractivity contribution in [3.63, 3.8) is 0 Å². The SMILES string of the molecule is Cc1csc(SC(C(=O)Nc2ccc(Cl)cc2C(F)(F)F)c2ccccc2)n1. The second kappa shape index (κ2) is 8.55. The molecule has 0 bridgehead atoms. The number of thiazole rings is 1. The Kier molecular flexibility index (Phi) is 6.32. The molecule has 0 spiro atoms. The van der Waals surface area contributed by atoms with Gasteiger partial charge in [-0.3, -0.25) is 4.79 Å². The molecule has 0 aliphatic carbocycles. The number of carbonyl (C=O) groups is 1. The van der Waals surface area contributed by atoms with Crippen LogP contribution in [-0.4, -0.2) is 10.9 Å². The zero-order valence-corrected chi connectivity index (χ0v) is 16.8. The lowest BCUT2D eigenvalue weighted by Crippen LogP contribution is -2.21. The van der Waals surface area contributed by atoms with E-state index in [1.807, 2.05) is 12.3 Å². The summed E-state index contributed by atoms with van der Waals surface area (Å²) in [6.07, 6.45) is -4.64. The highest BCUT2D eigenvalue weighted by Crippen LogP contribution is 2.40. The first-order chi connectivity index (χ1) is 13.2. The van der Waals surface area contributed by atoms with Crippen molar-refractivity contribution in [1.29, 1.82) is 0 Å². The summed E-state index contributed by atoms with van der Waals surface area (Å²) in [6.45, 7) is 1.83. The molecule has 0 radical (unpaired) electrons. The van der Waals surface area contributed by atoms with Crippen molar-refractivity contribution >= 4 is 46.3 Å². The van der Waals surface area contributed by atoms with Crippen molar-refractivity contribution in [2.75, 3.05) is 5.32 Å². The fourth-order valence-electron chi connectivity index (χ4n) is 2.45. The van der Waals surface area contributed by atoms with Gasteiger partial charge in [-0.1, -0.05) is 53.7 Å². The van der Waals surface area contributed by atoms with Crippen LogP contribution in [0.4, 0.5) is 18.9 Å². The number of alkyl halides is 3. The molecule has 1 heterocycles. The molecule has 0 aliphatic rings. The fourth-order valence-corrected chi connectivity index (χ4v) is 4.65. The van der Waals surface area contributed by atoms with Crippen molar-refractivity contribution in [3.8, 4) is 0 Å². The second-order valence-electron chi connectivity index (χ2n) is 5.84. The normalized spacial score (nSPS) is 12.6. The van der Waals surface area contributed by atoms with Crippen LogP contribution in [0.25, 0.3) is 0 Å². The minimum atomic E-state index is -4.64. The van der Waals surface area contributed by atoms with E-state index in [0.29, 0.717) is 9.90 Å². The Hall–Kier alpha value is -2.03. The van der Waals surface area contributed by atoms with Crippen LogP contribution >= 0.6 is 34.7 Å². The van der Waals surface area contributed by atoms with Gasteiger partial charge in [-0.25, -0.2) is 4.98 Å². The van der Waals surface area contributed by atoms with Gasteiger partial charge in [0.1, 0.15) is 5.25 Å². The van der Waals surface area contributed by atoms with E-state index in [1.54, 1.807) is 30.3 Å². The van der Waals surface area contributed by atoms with Gasteiger partial charge in [0.2, 0.25) is 5.91 Å². The molecule has 0 saturated heterocycles. The van der Waals surface area contributed by atoms with Gasteiger partial charge in [-0.05, 0) is 30.7 Å². The van der Waals surface area contributed by atoms with Crippen molar-refractivity contribution < 1.29 is 18.0 Å². The number of aromatic nitrogens is 1. The number of amides is 1. The van der Waals surface area contributed by atoms with Crippen LogP contribution in [0.3, 0.4) is 0 Å². The lowest BCUT2D eigenvalue weighted by Gasteiger charge is -2.18. The van der Waals surface area contributed by atoms with Crippen LogP contribution < -0.4 is 5.32 Å². The average molecular weight is 443 g/mol. The lowest BCUT2D eigenvalue weighted by molar-refractivity contribution is -0.137. The summed E-state index contributed by atoms with van der Waals surface area (Å²) in [5, 5.41) is 3.44. The molecule has 1 unspecified atom stereocenters. The lowest BCUT2D eigenvalue weighted by atomic mass is 10.1. The maximum absolute atomic E-state index is 13.3. The molecule has 1 N–H and O–H groups in total. The number of hydrogen-bond donors (Lipinski definition) is 1. The molecular formula is C19H14ClF3N2OS2. The van der Waals surface area contributed by atoms with Crippen LogP contribution in [0.1, 0.15) is 22.1 Å². The van der Waals surface area contributed by atoms with Gasteiger partial charge >= 0.3 is 6.18 Å². The van der Waals surface area contributed by atoms with E-state index in [-0.39, 0.29) is 10.7 Å². The number of anilines is 1. The van der Waals surface area contributed by atoms with Crippen LogP contribution in [-0.2, 0) is 11.0 Å². The largest absolute Gasteiger partial charge is 0.418 e. The Morgan fingerprint density at radius 3 is 2.54 bits per heavy atom. The van der Waals surface area contributed by atoms with E-state index in [9.17, 15) is 18.0 Å². The Bertz CT molecular complexity index is 977. The first-order valence-corrected chi connectivity index (χ1v) is 10.2. The summed E-state index contributed by atoms with van der Waals surface area (Å²) >= 11 is 8.28. The highest BCUT2D eigenvalue weighted by molar-refractivity contribution is 8.01. The predicted octanol–water partition coefficient (Wildman–Crippen LogP) is 6.60. The standard InChI is InChI=1S/C19H14ClF3N2OS2/c1-11-10-27-18(24-11)28-16(12-5-3-2-4-6-12)17(26)25-15-8-7-13(20)9-14(15)19(21,22)23/h2-10,16H,1H3,(H,25,26). The molecule has 3 nitrogen and oxygen atoms in total. The number of hydrogen-bond acceptors (Lipinski definition) is 4. The number of aryl methyl sites for hydroxylation is 1. The van der Waals surface area contributed by atoms with E-state index >= 15 is 0 Å². The van der Waals surface area contributed by atoms with Gasteiger partial charge in [0.05, 0.1) is 11.3 Å². The summed E-state index contributed by atoms with van der Waals surface area (Å²) in [6, 6.07) is 12.1. The third kappa shape index (κ3) is 5.06. The number of rotatable bonds is 5. The second-order valence-corrected chi connectivity index (χ2v) is 8.49. The van der Waals surface area contributed by atoms with E-state index in [4.69, 9.17) is 11.6 Å². The van der Waals surface area contributed by atoms with Gasteiger partial charge < -0.3 is 5.32 Å². The van der Waals surface area contributed by atoms with E-state index in [2.05, 4.69) is 10.3 Å². The van der Waals surface area contributed by atoms with Crippen LogP contribution in [0.15, 0.2) is 58.3 Å². The predicted molar refractivity (Wildman–Crippen MR) is 107 cm³/mol. The van der Waals surface area contributed by atoms with Crippen molar-refractivity contribution in [2.45, 2.75) is 22.7 Å². The summed E-state index contributed by atoms with van der Waals surface area (Å²) in [5.74, 6) is -0.572. The van der Waals surface area contributed by atoms with Crippen LogP contribution in [0, 0.1) is 6.92 Å². The smallest absolute Gasteiger partial charge is 0.324 e. The van der Waals surface area contributed by atoms with Crippen molar-refractivity contribution in [2.24, 2.45) is 0 Å². The van der Waals surface area contributed by atoms with Gasteiger partial charge in [-0.2, -0.15) is 13.2 Å². The molecular weight excluding hydrogens is 429 g/mol. The summed E-state index contributed by atoms with van der Waals surface area (Å²) in [5.41, 5.74) is 0.158. The molecule has 28 heavy (non-hydrogen) atoms. The highest BCUT2D eigenvalue weighted by Gasteiger charge is 2.35. The van der Waals surface area contributed by atoms with Crippen molar-refractivity contribution in [3.05, 3.63) is 75.8 Å². The Morgan fingerprint density at radius 2 is 1.93 bits per heavy atom. The average Bonchev–Trinajstić information content (AvgIpc) is 3.06. The monoisotopic (exact) mass is 442 g/mol. The summed E-state index contributed by atoms with van der Waals surface area (Å²) < 4.78 is 40.6. The number of nitrogens with one attached hydrogen (secondary N) is 1. The van der Waals surface area contributed by atoms with E-state index in [1.165, 1.54) is 29.2 Å². The van der Waals surface area contributed by atoms with Crippen molar-refractivity contribution in [1.82, 2.24) is 4.98 Å². The maximum Gasteiger partial charge on any atom is 0.418 e. The van der Waals surface area contributed by atoms with Gasteiger partial charge in [0, 0.05) is 16.1 Å².